The third kappa shape index (κ3) is 2.06. The molecule has 0 saturated heterocycles. The molecule has 19 heavy (non-hydrogen) atoms. The summed E-state index contributed by atoms with van der Waals surface area (Å²) in [6, 6.07) is 13.8. The first-order valence-corrected chi connectivity index (χ1v) is 6.47. The Bertz CT molecular complexity index is 595. The number of hydrogen-bond donors (Lipinski definition) is 2. The Morgan fingerprint density at radius 3 is 2.47 bits per heavy atom. The van der Waals surface area contributed by atoms with Crippen molar-refractivity contribution in [1.29, 1.82) is 0 Å². The van der Waals surface area contributed by atoms with Gasteiger partial charge in [0.25, 0.3) is 0 Å². The molecule has 2 N–H and O–H groups in total. The van der Waals surface area contributed by atoms with Gasteiger partial charge in [-0.2, -0.15) is 0 Å². The number of phenols is 2. The standard InChI is InChI=1S/C16H17NO2/c1-17-8-7-12-9-14(18)15(19)10-13(12)16(17)11-5-3-2-4-6-11/h2-6,9-10,16,18-19H,7-8H2,1H3/t16-/m0/s1. The summed E-state index contributed by atoms with van der Waals surface area (Å²) in [7, 11) is 2.09. The van der Waals surface area contributed by atoms with Crippen molar-refractivity contribution in [2.75, 3.05) is 13.6 Å². The van der Waals surface area contributed by atoms with Gasteiger partial charge in [0.15, 0.2) is 11.5 Å². The summed E-state index contributed by atoms with van der Waals surface area (Å²) in [5, 5.41) is 19.4. The van der Waals surface area contributed by atoms with Crippen LogP contribution in [0.1, 0.15) is 22.7 Å². The van der Waals surface area contributed by atoms with E-state index in [1.54, 1.807) is 12.1 Å². The van der Waals surface area contributed by atoms with E-state index in [4.69, 9.17) is 0 Å². The van der Waals surface area contributed by atoms with Gasteiger partial charge in [-0.3, -0.25) is 4.90 Å². The van der Waals surface area contributed by atoms with E-state index in [0.29, 0.717) is 0 Å². The summed E-state index contributed by atoms with van der Waals surface area (Å²) in [5.74, 6) is -0.0786. The molecule has 0 fully saturated rings. The van der Waals surface area contributed by atoms with Crippen LogP contribution in [0.4, 0.5) is 0 Å². The lowest BCUT2D eigenvalue weighted by molar-refractivity contribution is 0.263. The minimum Gasteiger partial charge on any atom is -0.504 e. The number of hydrogen-bond acceptors (Lipinski definition) is 3. The summed E-state index contributed by atoms with van der Waals surface area (Å²) in [6.07, 6.45) is 0.892. The zero-order valence-electron chi connectivity index (χ0n) is 10.9. The maximum absolute atomic E-state index is 9.76. The molecule has 1 aliphatic heterocycles. The van der Waals surface area contributed by atoms with Crippen LogP contribution in [0, 0.1) is 0 Å². The molecule has 0 saturated carbocycles. The number of benzene rings is 2. The van der Waals surface area contributed by atoms with Crippen LogP contribution in [-0.2, 0) is 6.42 Å². The number of likely N-dealkylation sites (N-methyl/N-ethyl adjacent to an activating group) is 1. The van der Waals surface area contributed by atoms with Crippen LogP contribution in [-0.4, -0.2) is 28.7 Å². The number of rotatable bonds is 1. The molecule has 1 aliphatic rings. The molecule has 3 nitrogen and oxygen atoms in total. The lowest BCUT2D eigenvalue weighted by Crippen LogP contribution is -2.32. The van der Waals surface area contributed by atoms with Crippen LogP contribution >= 0.6 is 0 Å². The van der Waals surface area contributed by atoms with Gasteiger partial charge in [-0.1, -0.05) is 30.3 Å². The van der Waals surface area contributed by atoms with E-state index in [0.717, 1.165) is 24.1 Å². The fraction of sp³-hybridized carbons (Fsp3) is 0.250. The SMILES string of the molecule is CN1CCc2cc(O)c(O)cc2[C@@H]1c1ccccc1. The second-order valence-corrected chi connectivity index (χ2v) is 5.08. The average molecular weight is 255 g/mol. The van der Waals surface area contributed by atoms with E-state index in [1.807, 2.05) is 18.2 Å². The number of aromatic hydroxyl groups is 2. The van der Waals surface area contributed by atoms with Gasteiger partial charge in [0.1, 0.15) is 0 Å². The molecule has 0 radical (unpaired) electrons. The zero-order chi connectivity index (χ0) is 13.4. The first-order valence-electron chi connectivity index (χ1n) is 6.47. The van der Waals surface area contributed by atoms with E-state index in [1.165, 1.54) is 5.56 Å². The van der Waals surface area contributed by atoms with E-state index >= 15 is 0 Å². The quantitative estimate of drug-likeness (QED) is 0.770. The van der Waals surface area contributed by atoms with E-state index in [-0.39, 0.29) is 17.5 Å². The molecule has 1 atom stereocenters. The third-order valence-corrected chi connectivity index (χ3v) is 3.82. The molecule has 0 unspecified atom stereocenters. The van der Waals surface area contributed by atoms with Gasteiger partial charge in [0.05, 0.1) is 6.04 Å². The zero-order valence-corrected chi connectivity index (χ0v) is 10.9. The molecule has 1 heterocycles. The normalized spacial score (nSPS) is 19.1. The van der Waals surface area contributed by atoms with Crippen molar-refractivity contribution >= 4 is 0 Å². The highest BCUT2D eigenvalue weighted by molar-refractivity contribution is 5.50. The molecular formula is C16H17NO2. The molecule has 2 aromatic carbocycles. The maximum Gasteiger partial charge on any atom is 0.157 e. The molecule has 98 valence electrons. The van der Waals surface area contributed by atoms with Crippen LogP contribution in [0.2, 0.25) is 0 Å². The number of phenolic OH excluding ortho intramolecular Hbond substituents is 2. The Morgan fingerprint density at radius 1 is 1.05 bits per heavy atom. The lowest BCUT2D eigenvalue weighted by atomic mass is 9.88. The van der Waals surface area contributed by atoms with Gasteiger partial charge in [-0.05, 0) is 42.3 Å². The Morgan fingerprint density at radius 2 is 1.74 bits per heavy atom. The minimum atomic E-state index is -0.0463. The molecule has 0 spiro atoms. The average Bonchev–Trinajstić information content (AvgIpc) is 2.42. The topological polar surface area (TPSA) is 43.7 Å². The fourth-order valence-electron chi connectivity index (χ4n) is 2.84. The van der Waals surface area contributed by atoms with Crippen LogP contribution in [0.25, 0.3) is 0 Å². The lowest BCUT2D eigenvalue weighted by Gasteiger charge is -2.35. The van der Waals surface area contributed by atoms with Crippen molar-refractivity contribution in [3.8, 4) is 11.5 Å². The summed E-state index contributed by atoms with van der Waals surface area (Å²) in [6.45, 7) is 0.941. The molecule has 0 bridgehead atoms. The van der Waals surface area contributed by atoms with Crippen molar-refractivity contribution in [1.82, 2.24) is 4.90 Å². The van der Waals surface area contributed by atoms with Crippen LogP contribution in [0.5, 0.6) is 11.5 Å². The molecule has 2 aromatic rings. The highest BCUT2D eigenvalue weighted by Gasteiger charge is 2.27. The number of fused-ring (bicyclic) bond motifs is 1. The molecular weight excluding hydrogens is 238 g/mol. The van der Waals surface area contributed by atoms with Crippen molar-refractivity contribution in [2.24, 2.45) is 0 Å². The summed E-state index contributed by atoms with van der Waals surface area (Å²) >= 11 is 0. The first-order chi connectivity index (χ1) is 9.16. The summed E-state index contributed by atoms with van der Waals surface area (Å²) in [4.78, 5) is 2.27. The molecule has 0 aromatic heterocycles. The van der Waals surface area contributed by atoms with Gasteiger partial charge < -0.3 is 10.2 Å². The summed E-state index contributed by atoms with van der Waals surface area (Å²) in [5.41, 5.74) is 3.40. The van der Waals surface area contributed by atoms with Crippen molar-refractivity contribution in [3.63, 3.8) is 0 Å². The second kappa shape index (κ2) is 4.59. The maximum atomic E-state index is 9.76. The first kappa shape index (κ1) is 12.1. The Labute approximate surface area is 112 Å². The van der Waals surface area contributed by atoms with Gasteiger partial charge in [0, 0.05) is 6.54 Å². The fourth-order valence-corrected chi connectivity index (χ4v) is 2.84. The van der Waals surface area contributed by atoms with Crippen molar-refractivity contribution < 1.29 is 10.2 Å². The van der Waals surface area contributed by atoms with E-state index in [2.05, 4.69) is 24.1 Å². The van der Waals surface area contributed by atoms with Crippen molar-refractivity contribution in [3.05, 3.63) is 59.2 Å². The van der Waals surface area contributed by atoms with Gasteiger partial charge in [-0.15, -0.1) is 0 Å². The third-order valence-electron chi connectivity index (χ3n) is 3.82. The molecule has 0 aliphatic carbocycles. The highest BCUT2D eigenvalue weighted by atomic mass is 16.3. The van der Waals surface area contributed by atoms with Crippen LogP contribution in [0.3, 0.4) is 0 Å². The van der Waals surface area contributed by atoms with Crippen LogP contribution < -0.4 is 0 Å². The number of nitrogens with zero attached hydrogens (tertiary/aromatic N) is 1. The Kier molecular flexibility index (Phi) is 2.91. The van der Waals surface area contributed by atoms with Gasteiger partial charge in [0.2, 0.25) is 0 Å². The van der Waals surface area contributed by atoms with Gasteiger partial charge >= 0.3 is 0 Å². The Hall–Kier alpha value is -2.00. The van der Waals surface area contributed by atoms with E-state index in [9.17, 15) is 10.2 Å². The largest absolute Gasteiger partial charge is 0.504 e. The van der Waals surface area contributed by atoms with Crippen molar-refractivity contribution in [2.45, 2.75) is 12.5 Å². The van der Waals surface area contributed by atoms with Crippen LogP contribution in [0.15, 0.2) is 42.5 Å². The second-order valence-electron chi connectivity index (χ2n) is 5.08. The predicted octanol–water partition coefficient (Wildman–Crippen LogP) is 2.68. The van der Waals surface area contributed by atoms with E-state index < -0.39 is 0 Å². The molecule has 3 heteroatoms. The minimum absolute atomic E-state index is 0.0323. The molecule has 3 rings (SSSR count). The highest BCUT2D eigenvalue weighted by Crippen LogP contribution is 2.39. The smallest absolute Gasteiger partial charge is 0.157 e. The van der Waals surface area contributed by atoms with Gasteiger partial charge in [-0.25, -0.2) is 0 Å². The Balaban J connectivity index is 2.14. The summed E-state index contributed by atoms with van der Waals surface area (Å²) < 4.78 is 0. The monoisotopic (exact) mass is 255 g/mol. The molecule has 0 amide bonds. The predicted molar refractivity (Wildman–Crippen MR) is 74.4 cm³/mol.